The Labute approximate surface area is 99.8 Å². The van der Waals surface area contributed by atoms with E-state index in [9.17, 15) is 4.79 Å². The Kier molecular flexibility index (Phi) is 3.93. The number of carboxylic acids is 1. The van der Waals surface area contributed by atoms with Crippen molar-refractivity contribution < 1.29 is 14.6 Å². The van der Waals surface area contributed by atoms with Crippen molar-refractivity contribution in [2.75, 3.05) is 19.7 Å². The fraction of sp³-hybridized carbons (Fsp3) is 0.500. The number of pyridine rings is 1. The van der Waals surface area contributed by atoms with Gasteiger partial charge in [0.2, 0.25) is 5.88 Å². The van der Waals surface area contributed by atoms with Gasteiger partial charge in [0.1, 0.15) is 0 Å². The van der Waals surface area contributed by atoms with Crippen molar-refractivity contribution >= 4 is 5.97 Å². The van der Waals surface area contributed by atoms with Crippen molar-refractivity contribution in [3.05, 3.63) is 23.9 Å². The van der Waals surface area contributed by atoms with Gasteiger partial charge in [0.15, 0.2) is 0 Å². The molecular weight excluding hydrogens is 220 g/mol. The van der Waals surface area contributed by atoms with Crippen LogP contribution in [0.2, 0.25) is 0 Å². The van der Waals surface area contributed by atoms with Gasteiger partial charge in [0, 0.05) is 12.3 Å². The van der Waals surface area contributed by atoms with Crippen LogP contribution in [0.25, 0.3) is 0 Å². The van der Waals surface area contributed by atoms with Crippen LogP contribution in [0, 0.1) is 5.92 Å². The minimum atomic E-state index is -0.970. The predicted molar refractivity (Wildman–Crippen MR) is 62.3 cm³/mol. The fourth-order valence-corrected chi connectivity index (χ4v) is 1.84. The lowest BCUT2D eigenvalue weighted by atomic mass is 9.99. The second-order valence-corrected chi connectivity index (χ2v) is 4.19. The molecular formula is C12H16N2O3. The first kappa shape index (κ1) is 11.9. The van der Waals surface area contributed by atoms with Crippen molar-refractivity contribution in [3.63, 3.8) is 0 Å². The Morgan fingerprint density at radius 3 is 2.82 bits per heavy atom. The van der Waals surface area contributed by atoms with Crippen LogP contribution in [-0.4, -0.2) is 35.8 Å². The van der Waals surface area contributed by atoms with Crippen LogP contribution >= 0.6 is 0 Å². The van der Waals surface area contributed by atoms with E-state index in [-0.39, 0.29) is 5.56 Å². The Bertz CT molecular complexity index is 372. The van der Waals surface area contributed by atoms with E-state index in [2.05, 4.69) is 10.3 Å². The number of carbonyl (C=O) groups is 1. The Hall–Kier alpha value is -1.62. The first-order valence-corrected chi connectivity index (χ1v) is 5.78. The zero-order valence-electron chi connectivity index (χ0n) is 9.56. The summed E-state index contributed by atoms with van der Waals surface area (Å²) in [6.45, 7) is 2.74. The third-order valence-corrected chi connectivity index (χ3v) is 2.91. The van der Waals surface area contributed by atoms with Crippen LogP contribution in [0.15, 0.2) is 18.3 Å². The zero-order chi connectivity index (χ0) is 12.1. The summed E-state index contributed by atoms with van der Waals surface area (Å²) in [5.74, 6) is 0.0909. The molecule has 0 aromatic carbocycles. The van der Waals surface area contributed by atoms with Gasteiger partial charge in [0.05, 0.1) is 12.2 Å². The van der Waals surface area contributed by atoms with Gasteiger partial charge in [-0.05, 0) is 37.9 Å². The van der Waals surface area contributed by atoms with E-state index in [1.165, 1.54) is 12.3 Å². The average molecular weight is 236 g/mol. The number of hydrogen-bond acceptors (Lipinski definition) is 4. The van der Waals surface area contributed by atoms with Crippen molar-refractivity contribution in [1.29, 1.82) is 0 Å². The number of nitrogens with one attached hydrogen (secondary N) is 1. The van der Waals surface area contributed by atoms with E-state index >= 15 is 0 Å². The van der Waals surface area contributed by atoms with Gasteiger partial charge < -0.3 is 15.2 Å². The summed E-state index contributed by atoms with van der Waals surface area (Å²) in [7, 11) is 0. The van der Waals surface area contributed by atoms with Crippen molar-refractivity contribution in [2.24, 2.45) is 5.92 Å². The Morgan fingerprint density at radius 1 is 1.47 bits per heavy atom. The number of piperidine rings is 1. The summed E-state index contributed by atoms with van der Waals surface area (Å²) in [5, 5.41) is 12.0. The van der Waals surface area contributed by atoms with Crippen LogP contribution in [-0.2, 0) is 0 Å². The van der Waals surface area contributed by atoms with E-state index in [1.54, 1.807) is 6.07 Å². The Morgan fingerprint density at radius 2 is 2.24 bits per heavy atom. The molecule has 92 valence electrons. The molecule has 0 spiro atoms. The lowest BCUT2D eigenvalue weighted by Crippen LogP contribution is -2.30. The molecule has 0 bridgehead atoms. The number of nitrogens with zero attached hydrogens (tertiary/aromatic N) is 1. The predicted octanol–water partition coefficient (Wildman–Crippen LogP) is 1.16. The topological polar surface area (TPSA) is 71.5 Å². The first-order valence-electron chi connectivity index (χ1n) is 5.78. The van der Waals surface area contributed by atoms with E-state index in [4.69, 9.17) is 9.84 Å². The third-order valence-electron chi connectivity index (χ3n) is 2.91. The molecule has 5 heteroatoms. The molecule has 1 saturated heterocycles. The molecule has 2 rings (SSSR count). The molecule has 1 aliphatic heterocycles. The maximum absolute atomic E-state index is 10.6. The quantitative estimate of drug-likeness (QED) is 0.820. The van der Waals surface area contributed by atoms with Crippen molar-refractivity contribution in [3.8, 4) is 5.88 Å². The lowest BCUT2D eigenvalue weighted by Gasteiger charge is -2.22. The molecule has 0 aliphatic carbocycles. The van der Waals surface area contributed by atoms with Crippen LogP contribution in [0.5, 0.6) is 5.88 Å². The number of aromatic carboxylic acids is 1. The summed E-state index contributed by atoms with van der Waals surface area (Å²) >= 11 is 0. The second-order valence-electron chi connectivity index (χ2n) is 4.19. The number of rotatable bonds is 4. The minimum absolute atomic E-state index is 0.180. The molecule has 0 saturated carbocycles. The smallest absolute Gasteiger partial charge is 0.337 e. The SMILES string of the molecule is O=C(O)c1ccc(OCC2CCNCC2)nc1. The summed E-state index contributed by atoms with van der Waals surface area (Å²) in [6.07, 6.45) is 3.56. The average Bonchev–Trinajstić information content (AvgIpc) is 2.38. The van der Waals surface area contributed by atoms with Crippen LogP contribution < -0.4 is 10.1 Å². The molecule has 1 aromatic rings. The maximum Gasteiger partial charge on any atom is 0.337 e. The molecule has 1 aromatic heterocycles. The van der Waals surface area contributed by atoms with E-state index in [0.717, 1.165) is 25.9 Å². The largest absolute Gasteiger partial charge is 0.478 e. The number of aromatic nitrogens is 1. The highest BCUT2D eigenvalue weighted by Gasteiger charge is 2.13. The summed E-state index contributed by atoms with van der Waals surface area (Å²) < 4.78 is 5.55. The van der Waals surface area contributed by atoms with Gasteiger partial charge in [0.25, 0.3) is 0 Å². The minimum Gasteiger partial charge on any atom is -0.478 e. The van der Waals surface area contributed by atoms with Crippen LogP contribution in [0.4, 0.5) is 0 Å². The van der Waals surface area contributed by atoms with Crippen molar-refractivity contribution in [1.82, 2.24) is 10.3 Å². The number of hydrogen-bond donors (Lipinski definition) is 2. The summed E-state index contributed by atoms with van der Waals surface area (Å²) in [4.78, 5) is 14.6. The molecule has 17 heavy (non-hydrogen) atoms. The van der Waals surface area contributed by atoms with Gasteiger partial charge >= 0.3 is 5.97 Å². The van der Waals surface area contributed by atoms with Gasteiger partial charge in [-0.2, -0.15) is 0 Å². The Balaban J connectivity index is 1.84. The lowest BCUT2D eigenvalue weighted by molar-refractivity contribution is 0.0696. The van der Waals surface area contributed by atoms with E-state index < -0.39 is 5.97 Å². The fourth-order valence-electron chi connectivity index (χ4n) is 1.84. The van der Waals surface area contributed by atoms with E-state index in [1.807, 2.05) is 0 Å². The molecule has 0 amide bonds. The van der Waals surface area contributed by atoms with Gasteiger partial charge in [-0.15, -0.1) is 0 Å². The summed E-state index contributed by atoms with van der Waals surface area (Å²) in [5.41, 5.74) is 0.180. The normalized spacial score (nSPS) is 16.7. The number of carboxylic acid groups (broad SMARTS) is 1. The van der Waals surface area contributed by atoms with Gasteiger partial charge in [-0.25, -0.2) is 9.78 Å². The highest BCUT2D eigenvalue weighted by atomic mass is 16.5. The number of ether oxygens (including phenoxy) is 1. The molecule has 1 aliphatic rings. The molecule has 5 nitrogen and oxygen atoms in total. The highest BCUT2D eigenvalue weighted by Crippen LogP contribution is 2.14. The maximum atomic E-state index is 10.6. The monoisotopic (exact) mass is 236 g/mol. The third kappa shape index (κ3) is 3.42. The van der Waals surface area contributed by atoms with E-state index in [0.29, 0.717) is 18.4 Å². The molecule has 0 unspecified atom stereocenters. The van der Waals surface area contributed by atoms with Gasteiger partial charge in [-0.3, -0.25) is 0 Å². The summed E-state index contributed by atoms with van der Waals surface area (Å²) in [6, 6.07) is 3.11. The first-order chi connectivity index (χ1) is 8.25. The van der Waals surface area contributed by atoms with Gasteiger partial charge in [-0.1, -0.05) is 0 Å². The molecule has 0 atom stereocenters. The molecule has 2 heterocycles. The second kappa shape index (κ2) is 5.63. The van der Waals surface area contributed by atoms with Crippen LogP contribution in [0.3, 0.4) is 0 Å². The highest BCUT2D eigenvalue weighted by molar-refractivity contribution is 5.87. The molecule has 0 radical (unpaired) electrons. The van der Waals surface area contributed by atoms with Crippen LogP contribution in [0.1, 0.15) is 23.2 Å². The molecule has 2 N–H and O–H groups in total. The standard InChI is InChI=1S/C12H16N2O3/c15-12(16)10-1-2-11(14-7-10)17-8-9-3-5-13-6-4-9/h1-2,7,9,13H,3-6,8H2,(H,15,16). The van der Waals surface area contributed by atoms with Crippen molar-refractivity contribution in [2.45, 2.75) is 12.8 Å². The molecule has 1 fully saturated rings. The zero-order valence-corrected chi connectivity index (χ0v) is 9.56.